The van der Waals surface area contributed by atoms with Crippen LogP contribution in [0.1, 0.15) is 19.3 Å². The van der Waals surface area contributed by atoms with E-state index >= 15 is 0 Å². The summed E-state index contributed by atoms with van der Waals surface area (Å²) in [6, 6.07) is 0. The average Bonchev–Trinajstić information content (AvgIpc) is 2.84. The van der Waals surface area contributed by atoms with E-state index in [1.807, 2.05) is 0 Å². The minimum Gasteiger partial charge on any atom is -0.381 e. The van der Waals surface area contributed by atoms with Gasteiger partial charge in [-0.1, -0.05) is 15.9 Å². The quantitative estimate of drug-likeness (QED) is 0.695. The van der Waals surface area contributed by atoms with Crippen LogP contribution in [-0.4, -0.2) is 31.8 Å². The molecule has 1 atom stereocenters. The summed E-state index contributed by atoms with van der Waals surface area (Å²) in [7, 11) is 0. The fourth-order valence-corrected chi connectivity index (χ4v) is 2.24. The maximum absolute atomic E-state index is 5.73. The SMILES string of the molecule is BrCC1(COCC2CC2)CCOC1. The fourth-order valence-electron chi connectivity index (χ4n) is 1.63. The molecule has 1 aliphatic carbocycles. The van der Waals surface area contributed by atoms with E-state index in [-0.39, 0.29) is 5.41 Å². The van der Waals surface area contributed by atoms with Gasteiger partial charge in [0.05, 0.1) is 13.2 Å². The molecule has 0 spiro atoms. The van der Waals surface area contributed by atoms with Crippen LogP contribution in [0.15, 0.2) is 0 Å². The molecule has 1 unspecified atom stereocenters. The Balaban J connectivity index is 1.69. The highest BCUT2D eigenvalue weighted by Crippen LogP contribution is 2.33. The van der Waals surface area contributed by atoms with E-state index < -0.39 is 0 Å². The summed E-state index contributed by atoms with van der Waals surface area (Å²) in [5.41, 5.74) is 0.273. The zero-order valence-electron chi connectivity index (χ0n) is 7.93. The summed E-state index contributed by atoms with van der Waals surface area (Å²) in [4.78, 5) is 0. The van der Waals surface area contributed by atoms with Gasteiger partial charge in [0.25, 0.3) is 0 Å². The van der Waals surface area contributed by atoms with Crippen molar-refractivity contribution in [2.24, 2.45) is 11.3 Å². The minimum absolute atomic E-state index is 0.273. The molecule has 0 radical (unpaired) electrons. The van der Waals surface area contributed by atoms with Crippen LogP contribution >= 0.6 is 15.9 Å². The van der Waals surface area contributed by atoms with E-state index in [2.05, 4.69) is 15.9 Å². The number of halogens is 1. The van der Waals surface area contributed by atoms with Gasteiger partial charge in [0.2, 0.25) is 0 Å². The maximum Gasteiger partial charge on any atom is 0.0553 e. The molecule has 2 fully saturated rings. The molecule has 2 aliphatic rings. The van der Waals surface area contributed by atoms with Gasteiger partial charge in [-0.3, -0.25) is 0 Å². The highest BCUT2D eigenvalue weighted by Gasteiger charge is 2.34. The van der Waals surface area contributed by atoms with Crippen molar-refractivity contribution >= 4 is 15.9 Å². The number of hydrogen-bond acceptors (Lipinski definition) is 2. The molecule has 76 valence electrons. The summed E-state index contributed by atoms with van der Waals surface area (Å²) in [6.07, 6.45) is 3.89. The molecule has 0 aromatic carbocycles. The number of alkyl halides is 1. The predicted molar refractivity (Wildman–Crippen MR) is 55.2 cm³/mol. The first kappa shape index (κ1) is 9.94. The molecule has 0 aromatic rings. The van der Waals surface area contributed by atoms with Gasteiger partial charge in [0, 0.05) is 24.0 Å². The van der Waals surface area contributed by atoms with Gasteiger partial charge in [-0.2, -0.15) is 0 Å². The van der Waals surface area contributed by atoms with Crippen LogP contribution in [0.25, 0.3) is 0 Å². The van der Waals surface area contributed by atoms with Gasteiger partial charge in [0.15, 0.2) is 0 Å². The molecular formula is C10H17BrO2. The van der Waals surface area contributed by atoms with Crippen LogP contribution < -0.4 is 0 Å². The van der Waals surface area contributed by atoms with Crippen LogP contribution in [0.4, 0.5) is 0 Å². The molecule has 2 rings (SSSR count). The smallest absolute Gasteiger partial charge is 0.0553 e. The second-order valence-corrected chi connectivity index (χ2v) is 4.96. The lowest BCUT2D eigenvalue weighted by Crippen LogP contribution is -2.29. The van der Waals surface area contributed by atoms with Gasteiger partial charge in [-0.25, -0.2) is 0 Å². The molecule has 0 aromatic heterocycles. The number of ether oxygens (including phenoxy) is 2. The predicted octanol–water partition coefficient (Wildman–Crippen LogP) is 2.21. The summed E-state index contributed by atoms with van der Waals surface area (Å²) >= 11 is 3.56. The molecule has 0 amide bonds. The Bertz CT molecular complexity index is 162. The summed E-state index contributed by atoms with van der Waals surface area (Å²) in [5.74, 6) is 0.870. The van der Waals surface area contributed by atoms with Crippen molar-refractivity contribution in [3.8, 4) is 0 Å². The third-order valence-electron chi connectivity index (χ3n) is 2.93. The molecular weight excluding hydrogens is 232 g/mol. The zero-order valence-corrected chi connectivity index (χ0v) is 9.51. The highest BCUT2D eigenvalue weighted by molar-refractivity contribution is 9.09. The second-order valence-electron chi connectivity index (χ2n) is 4.39. The van der Waals surface area contributed by atoms with Crippen LogP contribution in [-0.2, 0) is 9.47 Å². The summed E-state index contributed by atoms with van der Waals surface area (Å²) in [6.45, 7) is 3.60. The normalized spacial score (nSPS) is 33.9. The summed E-state index contributed by atoms with van der Waals surface area (Å²) < 4.78 is 11.1. The zero-order chi connectivity index (χ0) is 9.15. The number of hydrogen-bond donors (Lipinski definition) is 0. The Labute approximate surface area is 88.1 Å². The van der Waals surface area contributed by atoms with E-state index in [0.29, 0.717) is 0 Å². The highest BCUT2D eigenvalue weighted by atomic mass is 79.9. The average molecular weight is 249 g/mol. The van der Waals surface area contributed by atoms with Crippen molar-refractivity contribution in [2.45, 2.75) is 19.3 Å². The first-order chi connectivity index (χ1) is 6.35. The lowest BCUT2D eigenvalue weighted by molar-refractivity contribution is 0.0417. The fraction of sp³-hybridized carbons (Fsp3) is 1.00. The molecule has 13 heavy (non-hydrogen) atoms. The third-order valence-corrected chi connectivity index (χ3v) is 4.12. The van der Waals surface area contributed by atoms with Crippen molar-refractivity contribution in [1.29, 1.82) is 0 Å². The van der Waals surface area contributed by atoms with Gasteiger partial charge in [0.1, 0.15) is 0 Å². The number of rotatable bonds is 5. The largest absolute Gasteiger partial charge is 0.381 e. The first-order valence-corrected chi connectivity index (χ1v) is 6.18. The molecule has 0 bridgehead atoms. The van der Waals surface area contributed by atoms with E-state index in [0.717, 1.165) is 44.1 Å². The topological polar surface area (TPSA) is 18.5 Å². The van der Waals surface area contributed by atoms with Crippen LogP contribution in [0.3, 0.4) is 0 Å². The van der Waals surface area contributed by atoms with Crippen molar-refractivity contribution < 1.29 is 9.47 Å². The van der Waals surface area contributed by atoms with Crippen LogP contribution in [0.5, 0.6) is 0 Å². The van der Waals surface area contributed by atoms with Crippen LogP contribution in [0, 0.1) is 11.3 Å². The Morgan fingerprint density at radius 1 is 1.46 bits per heavy atom. The lowest BCUT2D eigenvalue weighted by atomic mass is 9.91. The van der Waals surface area contributed by atoms with Crippen molar-refractivity contribution in [3.63, 3.8) is 0 Å². The van der Waals surface area contributed by atoms with E-state index in [9.17, 15) is 0 Å². The Hall–Kier alpha value is 0.400. The molecule has 0 N–H and O–H groups in total. The summed E-state index contributed by atoms with van der Waals surface area (Å²) in [5, 5.41) is 1.00. The first-order valence-electron chi connectivity index (χ1n) is 5.06. The maximum atomic E-state index is 5.73. The Kier molecular flexibility index (Phi) is 3.27. The van der Waals surface area contributed by atoms with E-state index in [1.54, 1.807) is 0 Å². The molecule has 2 nitrogen and oxygen atoms in total. The van der Waals surface area contributed by atoms with Crippen LogP contribution in [0.2, 0.25) is 0 Å². The van der Waals surface area contributed by atoms with Gasteiger partial charge in [-0.05, 0) is 25.2 Å². The van der Waals surface area contributed by atoms with Gasteiger partial charge in [-0.15, -0.1) is 0 Å². The molecule has 3 heteroatoms. The second kappa shape index (κ2) is 4.28. The molecule has 1 heterocycles. The molecule has 1 saturated carbocycles. The molecule has 1 saturated heterocycles. The van der Waals surface area contributed by atoms with Crippen molar-refractivity contribution in [2.75, 3.05) is 31.8 Å². The van der Waals surface area contributed by atoms with Gasteiger partial charge < -0.3 is 9.47 Å². The lowest BCUT2D eigenvalue weighted by Gasteiger charge is -2.24. The minimum atomic E-state index is 0.273. The third kappa shape index (κ3) is 2.67. The van der Waals surface area contributed by atoms with Crippen molar-refractivity contribution in [1.82, 2.24) is 0 Å². The van der Waals surface area contributed by atoms with E-state index in [4.69, 9.17) is 9.47 Å². The van der Waals surface area contributed by atoms with Gasteiger partial charge >= 0.3 is 0 Å². The molecule has 1 aliphatic heterocycles. The van der Waals surface area contributed by atoms with E-state index in [1.165, 1.54) is 12.8 Å². The monoisotopic (exact) mass is 248 g/mol. The standard InChI is InChI=1S/C10H17BrO2/c11-6-10(3-4-12-7-10)8-13-5-9-1-2-9/h9H,1-8H2. The Morgan fingerprint density at radius 2 is 2.31 bits per heavy atom. The van der Waals surface area contributed by atoms with Crippen molar-refractivity contribution in [3.05, 3.63) is 0 Å². The Morgan fingerprint density at radius 3 is 2.85 bits per heavy atom.